The lowest BCUT2D eigenvalue weighted by atomic mass is 9.84. The highest BCUT2D eigenvalue weighted by Crippen LogP contribution is 2.37. The third-order valence-electron chi connectivity index (χ3n) is 8.00. The summed E-state index contributed by atoms with van der Waals surface area (Å²) in [6.07, 6.45) is 0.351. The van der Waals surface area contributed by atoms with Crippen LogP contribution in [0.5, 0.6) is 11.5 Å². The number of nitrogens with zero attached hydrogens (tertiary/aromatic N) is 3. The summed E-state index contributed by atoms with van der Waals surface area (Å²) in [5.74, 6) is -2.39. The second-order valence-corrected chi connectivity index (χ2v) is 11.7. The predicted molar refractivity (Wildman–Crippen MR) is 165 cm³/mol. The number of guanidine groups is 1. The number of ether oxygens (including phenoxy) is 1. The molecule has 0 radical (unpaired) electrons. The summed E-state index contributed by atoms with van der Waals surface area (Å²) in [7, 11) is 0. The maximum absolute atomic E-state index is 13.1. The largest absolute Gasteiger partial charge is 0.714 e. The third kappa shape index (κ3) is 8.32. The van der Waals surface area contributed by atoms with Crippen LogP contribution in [0.1, 0.15) is 51.7 Å². The van der Waals surface area contributed by atoms with Gasteiger partial charge in [0.2, 0.25) is 5.91 Å². The van der Waals surface area contributed by atoms with Crippen LogP contribution in [-0.4, -0.2) is 91.1 Å². The normalized spacial score (nSPS) is 16.4. The molecule has 0 bridgehead atoms. The van der Waals surface area contributed by atoms with E-state index in [0.717, 1.165) is 9.80 Å². The quantitative estimate of drug-likeness (QED) is 0.0504. The molecule has 0 spiro atoms. The van der Waals surface area contributed by atoms with Crippen LogP contribution < -0.4 is 26.8 Å². The van der Waals surface area contributed by atoms with E-state index < -0.39 is 47.6 Å². The molecule has 1 aliphatic heterocycles. The minimum Gasteiger partial charge on any atom is -0.714 e. The number of carbonyl (C=O) groups excluding carboxylic acids is 2. The minimum atomic E-state index is -1.30. The number of carboxylic acid groups (broad SMARTS) is 1. The maximum Gasteiger partial charge on any atom is 0.326 e. The second kappa shape index (κ2) is 14.2. The molecular weight excluding hydrogens is 586 g/mol. The number of carbonyl (C=O) groups is 3. The van der Waals surface area contributed by atoms with E-state index >= 15 is 0 Å². The van der Waals surface area contributed by atoms with Gasteiger partial charge in [-0.15, -0.1) is 5.06 Å². The lowest BCUT2D eigenvalue weighted by Crippen LogP contribution is -2.53. The molecule has 244 valence electrons. The number of amidine groups is 1. The summed E-state index contributed by atoms with van der Waals surface area (Å²) in [6, 6.07) is 9.70. The van der Waals surface area contributed by atoms with Gasteiger partial charge in [0, 0.05) is 13.0 Å². The number of phenolic OH excluding ortho intramolecular Hbond substituents is 1. The van der Waals surface area contributed by atoms with E-state index in [1.54, 1.807) is 52.0 Å². The zero-order chi connectivity index (χ0) is 33.5. The highest BCUT2D eigenvalue weighted by molar-refractivity contribution is 5.96. The van der Waals surface area contributed by atoms with Crippen molar-refractivity contribution in [3.05, 3.63) is 64.9 Å². The first-order chi connectivity index (χ1) is 21.0. The van der Waals surface area contributed by atoms with Gasteiger partial charge < -0.3 is 42.3 Å². The van der Waals surface area contributed by atoms with Crippen molar-refractivity contribution < 1.29 is 39.3 Å². The van der Waals surface area contributed by atoms with Gasteiger partial charge >= 0.3 is 11.8 Å². The highest BCUT2D eigenvalue weighted by Gasteiger charge is 2.58. The Morgan fingerprint density at radius 1 is 1.02 bits per heavy atom. The van der Waals surface area contributed by atoms with Crippen LogP contribution in [0.2, 0.25) is 0 Å². The molecule has 45 heavy (non-hydrogen) atoms. The third-order valence-corrected chi connectivity index (χ3v) is 8.00. The smallest absolute Gasteiger partial charge is 0.326 e. The molecule has 0 aliphatic carbocycles. The fourth-order valence-corrected chi connectivity index (χ4v) is 4.56. The van der Waals surface area contributed by atoms with Crippen LogP contribution in [-0.2, 0) is 20.8 Å². The number of hydrogen-bond donors (Lipinski definition) is 7. The van der Waals surface area contributed by atoms with E-state index in [2.05, 4.69) is 15.6 Å². The predicted octanol–water partition coefficient (Wildman–Crippen LogP) is 0.640. The number of rotatable bonds is 14. The Morgan fingerprint density at radius 2 is 1.64 bits per heavy atom. The number of aromatic hydroxyl groups is 1. The average molecular weight is 628 g/mol. The Morgan fingerprint density at radius 3 is 2.18 bits per heavy atom. The van der Waals surface area contributed by atoms with Crippen molar-refractivity contribution in [1.82, 2.24) is 15.7 Å². The molecule has 0 saturated heterocycles. The molecule has 15 nitrogen and oxygen atoms in total. The molecule has 0 aromatic heterocycles. The Kier molecular flexibility index (Phi) is 10.8. The molecule has 1 aliphatic rings. The average Bonchev–Trinajstić information content (AvgIpc) is 3.09. The zero-order valence-electron chi connectivity index (χ0n) is 25.7. The molecule has 2 aromatic rings. The van der Waals surface area contributed by atoms with E-state index in [9.17, 15) is 35.0 Å². The number of phenols is 1. The number of hydroxylamine groups is 3. The summed E-state index contributed by atoms with van der Waals surface area (Å²) in [6.45, 7) is 6.69. The SMILES string of the molecule is CC1(C)N(O)C(c2ccc(OCC(=O)N[C@@H](CCCN=C(N)N)C(=O)N[C@@H](Cc3ccc(O)cc3)C(=O)O)cc2)=[N+]([O-])C1(C)C. The van der Waals surface area contributed by atoms with E-state index in [1.165, 1.54) is 24.3 Å². The van der Waals surface area contributed by atoms with Crippen molar-refractivity contribution in [1.29, 1.82) is 0 Å². The fourth-order valence-electron chi connectivity index (χ4n) is 4.56. The molecule has 2 amide bonds. The van der Waals surface area contributed by atoms with Gasteiger partial charge in [-0.1, -0.05) is 12.1 Å². The van der Waals surface area contributed by atoms with Crippen molar-refractivity contribution >= 4 is 29.6 Å². The molecule has 0 fully saturated rings. The van der Waals surface area contributed by atoms with Crippen LogP contribution in [0, 0.1) is 5.21 Å². The lowest BCUT2D eigenvalue weighted by molar-refractivity contribution is -0.539. The summed E-state index contributed by atoms with van der Waals surface area (Å²) >= 11 is 0. The number of nitrogens with two attached hydrogens (primary N) is 2. The molecule has 3 rings (SSSR count). The number of benzene rings is 2. The first kappa shape index (κ1) is 34.4. The van der Waals surface area contributed by atoms with Gasteiger partial charge in [-0.05, 0) is 82.5 Å². The summed E-state index contributed by atoms with van der Waals surface area (Å²) < 4.78 is 6.33. The van der Waals surface area contributed by atoms with Crippen LogP contribution >= 0.6 is 0 Å². The second-order valence-electron chi connectivity index (χ2n) is 11.7. The van der Waals surface area contributed by atoms with Gasteiger partial charge in [0.25, 0.3) is 5.91 Å². The molecule has 1 heterocycles. The van der Waals surface area contributed by atoms with Gasteiger partial charge in [0.15, 0.2) is 18.1 Å². The number of carboxylic acids is 1. The first-order valence-electron chi connectivity index (χ1n) is 14.3. The molecular formula is C30H41N7O8. The van der Waals surface area contributed by atoms with Crippen molar-refractivity contribution in [3.8, 4) is 11.5 Å². The van der Waals surface area contributed by atoms with E-state index in [4.69, 9.17) is 16.2 Å². The Bertz CT molecular complexity index is 1440. The molecule has 0 unspecified atom stereocenters. The Hall–Kier alpha value is -5.05. The van der Waals surface area contributed by atoms with Crippen molar-refractivity contribution in [3.63, 3.8) is 0 Å². The van der Waals surface area contributed by atoms with Crippen LogP contribution in [0.4, 0.5) is 0 Å². The number of aliphatic carboxylic acids is 1. The molecule has 2 aromatic carbocycles. The van der Waals surface area contributed by atoms with Crippen molar-refractivity contribution in [2.75, 3.05) is 13.2 Å². The van der Waals surface area contributed by atoms with Crippen molar-refractivity contribution in [2.45, 2.75) is 70.1 Å². The fraction of sp³-hybridized carbons (Fsp3) is 0.433. The standard InChI is InChI=1S/C30H41N7O8/c1-29(2)30(3,4)37(44)26(36(29)43)19-9-13-21(14-10-19)45-17-24(39)34-22(6-5-15-33-28(31)32)25(40)35-23(27(41)42)16-18-7-11-20(38)12-8-18/h7-14,22-23,38,43H,5-6,15-17H2,1-4H3,(H,34,39)(H,35,40)(H,41,42)(H4,31,32,33)/t22-,23-/m0/s1. The lowest BCUT2D eigenvalue weighted by Gasteiger charge is -2.33. The Balaban J connectivity index is 1.65. The van der Waals surface area contributed by atoms with E-state index in [1.807, 2.05) is 0 Å². The van der Waals surface area contributed by atoms with Gasteiger partial charge in [0.05, 0.1) is 5.56 Å². The number of amides is 2. The van der Waals surface area contributed by atoms with E-state index in [0.29, 0.717) is 23.3 Å². The topological polar surface area (TPSA) is 239 Å². The zero-order valence-corrected chi connectivity index (χ0v) is 25.7. The van der Waals surface area contributed by atoms with Crippen LogP contribution in [0.25, 0.3) is 0 Å². The van der Waals surface area contributed by atoms with E-state index in [-0.39, 0.29) is 36.9 Å². The number of aliphatic imine (C=N–C) groups is 1. The first-order valence-corrected chi connectivity index (χ1v) is 14.3. The Labute approximate surface area is 260 Å². The van der Waals surface area contributed by atoms with Crippen molar-refractivity contribution in [2.24, 2.45) is 16.5 Å². The number of hydrogen-bond acceptors (Lipinski definition) is 9. The number of nitrogens with one attached hydrogen (secondary N) is 2. The molecule has 15 heteroatoms. The van der Waals surface area contributed by atoms with Gasteiger partial charge in [-0.3, -0.25) is 19.3 Å². The summed E-state index contributed by atoms with van der Waals surface area (Å²) in [4.78, 5) is 41.7. The van der Waals surface area contributed by atoms with Crippen LogP contribution in [0.3, 0.4) is 0 Å². The monoisotopic (exact) mass is 627 g/mol. The summed E-state index contributed by atoms with van der Waals surface area (Å²) in [5, 5.41) is 48.8. The van der Waals surface area contributed by atoms with Crippen LogP contribution in [0.15, 0.2) is 53.5 Å². The minimum absolute atomic E-state index is 0.0167. The molecule has 2 atom stereocenters. The van der Waals surface area contributed by atoms with Gasteiger partial charge in [-0.25, -0.2) is 10.0 Å². The maximum atomic E-state index is 13.1. The molecule has 0 saturated carbocycles. The summed E-state index contributed by atoms with van der Waals surface area (Å²) in [5.41, 5.74) is 9.96. The highest BCUT2D eigenvalue weighted by atomic mass is 16.5. The van der Waals surface area contributed by atoms with Gasteiger partial charge in [-0.2, -0.15) is 0 Å². The molecule has 9 N–H and O–H groups in total. The van der Waals surface area contributed by atoms with Gasteiger partial charge in [0.1, 0.15) is 29.1 Å².